The topological polar surface area (TPSA) is 41.0 Å². The maximum absolute atomic E-state index is 4.40. The highest BCUT2D eigenvalue weighted by molar-refractivity contribution is 5.67. The Bertz CT molecular complexity index is 878. The molecule has 1 N–H and O–H groups in total. The van der Waals surface area contributed by atoms with Crippen LogP contribution in [-0.4, -0.2) is 29.1 Å². The Morgan fingerprint density at radius 3 is 2.74 bits per heavy atom. The van der Waals surface area contributed by atoms with Crippen molar-refractivity contribution in [3.05, 3.63) is 78.1 Å². The highest BCUT2D eigenvalue weighted by atomic mass is 15.3. The number of hydrogen-bond acceptors (Lipinski definition) is 4. The summed E-state index contributed by atoms with van der Waals surface area (Å²) in [6.45, 7) is 5.04. The lowest BCUT2D eigenvalue weighted by atomic mass is 9.98. The van der Waals surface area contributed by atoms with Gasteiger partial charge < -0.3 is 10.2 Å². The maximum Gasteiger partial charge on any atom is 0.225 e. The molecular formula is C23H26N4. The first-order chi connectivity index (χ1) is 13.3. The van der Waals surface area contributed by atoms with Crippen LogP contribution >= 0.6 is 0 Å². The van der Waals surface area contributed by atoms with E-state index in [1.165, 1.54) is 35.1 Å². The second kappa shape index (κ2) is 8.31. The van der Waals surface area contributed by atoms with Gasteiger partial charge in [0.15, 0.2) is 0 Å². The summed E-state index contributed by atoms with van der Waals surface area (Å²) < 4.78 is 0. The van der Waals surface area contributed by atoms with Gasteiger partial charge in [-0.3, -0.25) is 0 Å². The third kappa shape index (κ3) is 4.34. The second-order valence-electron chi connectivity index (χ2n) is 7.23. The molecule has 2 heterocycles. The number of nitrogens with one attached hydrogen (secondary N) is 1. The van der Waals surface area contributed by atoms with Gasteiger partial charge in [-0.05, 0) is 54.2 Å². The summed E-state index contributed by atoms with van der Waals surface area (Å²) in [5, 5.41) is 3.73. The Balaban J connectivity index is 1.40. The lowest BCUT2D eigenvalue weighted by molar-refractivity contribution is 0.418. The summed E-state index contributed by atoms with van der Waals surface area (Å²) in [5.74, 6) is 0.838. The molecule has 1 aromatic heterocycles. The molecule has 4 rings (SSSR count). The molecule has 4 nitrogen and oxygen atoms in total. The van der Waals surface area contributed by atoms with Crippen molar-refractivity contribution < 1.29 is 0 Å². The van der Waals surface area contributed by atoms with E-state index in [2.05, 4.69) is 75.6 Å². The first-order valence-corrected chi connectivity index (χ1v) is 9.70. The number of hydrogen-bond donors (Lipinski definition) is 1. The molecule has 138 valence electrons. The number of aromatic nitrogens is 2. The smallest absolute Gasteiger partial charge is 0.225 e. The number of rotatable bonds is 5. The van der Waals surface area contributed by atoms with E-state index in [1.54, 1.807) is 0 Å². The van der Waals surface area contributed by atoms with E-state index in [0.29, 0.717) is 6.04 Å². The molecule has 1 saturated heterocycles. The van der Waals surface area contributed by atoms with Crippen LogP contribution < -0.4 is 10.2 Å². The molecule has 0 saturated carbocycles. The third-order valence-corrected chi connectivity index (χ3v) is 5.23. The molecule has 0 amide bonds. The molecular weight excluding hydrogens is 332 g/mol. The van der Waals surface area contributed by atoms with Crippen LogP contribution in [0, 0.1) is 6.92 Å². The molecule has 3 aromatic rings. The SMILES string of the molecule is Cc1ccccc1-c1cccc(CNC2CCCN(c3ncccn3)C2)c1. The molecule has 0 aliphatic carbocycles. The fourth-order valence-electron chi connectivity index (χ4n) is 3.79. The normalized spacial score (nSPS) is 17.1. The van der Waals surface area contributed by atoms with Gasteiger partial charge in [0.05, 0.1) is 0 Å². The van der Waals surface area contributed by atoms with E-state index < -0.39 is 0 Å². The lowest BCUT2D eigenvalue weighted by Crippen LogP contribution is -2.46. The van der Waals surface area contributed by atoms with Crippen molar-refractivity contribution in [1.82, 2.24) is 15.3 Å². The minimum Gasteiger partial charge on any atom is -0.339 e. The number of benzene rings is 2. The lowest BCUT2D eigenvalue weighted by Gasteiger charge is -2.33. The molecule has 1 fully saturated rings. The number of anilines is 1. The summed E-state index contributed by atoms with van der Waals surface area (Å²) in [6, 6.07) is 19.7. The summed E-state index contributed by atoms with van der Waals surface area (Å²) in [4.78, 5) is 11.1. The maximum atomic E-state index is 4.40. The van der Waals surface area contributed by atoms with E-state index >= 15 is 0 Å². The van der Waals surface area contributed by atoms with Crippen LogP contribution in [-0.2, 0) is 6.54 Å². The zero-order valence-electron chi connectivity index (χ0n) is 15.8. The zero-order chi connectivity index (χ0) is 18.5. The van der Waals surface area contributed by atoms with Crippen molar-refractivity contribution in [1.29, 1.82) is 0 Å². The van der Waals surface area contributed by atoms with Gasteiger partial charge in [0, 0.05) is 38.1 Å². The predicted octanol–water partition coefficient (Wildman–Crippen LogP) is 4.21. The fourth-order valence-corrected chi connectivity index (χ4v) is 3.79. The first-order valence-electron chi connectivity index (χ1n) is 9.70. The predicted molar refractivity (Wildman–Crippen MR) is 111 cm³/mol. The van der Waals surface area contributed by atoms with Crippen LogP contribution in [0.3, 0.4) is 0 Å². The molecule has 1 atom stereocenters. The number of aryl methyl sites for hydroxylation is 1. The summed E-state index contributed by atoms with van der Waals surface area (Å²) in [5.41, 5.74) is 5.23. The van der Waals surface area contributed by atoms with Gasteiger partial charge >= 0.3 is 0 Å². The summed E-state index contributed by atoms with van der Waals surface area (Å²) in [7, 11) is 0. The van der Waals surface area contributed by atoms with Gasteiger partial charge in [-0.15, -0.1) is 0 Å². The molecule has 1 aliphatic heterocycles. The van der Waals surface area contributed by atoms with Crippen molar-refractivity contribution in [3.8, 4) is 11.1 Å². The van der Waals surface area contributed by atoms with Crippen molar-refractivity contribution in [3.63, 3.8) is 0 Å². The Morgan fingerprint density at radius 2 is 1.89 bits per heavy atom. The van der Waals surface area contributed by atoms with Crippen molar-refractivity contribution >= 4 is 5.95 Å². The minimum absolute atomic E-state index is 0.463. The largest absolute Gasteiger partial charge is 0.339 e. The number of piperidine rings is 1. The Morgan fingerprint density at radius 1 is 1.04 bits per heavy atom. The van der Waals surface area contributed by atoms with Crippen LogP contribution in [0.2, 0.25) is 0 Å². The van der Waals surface area contributed by atoms with Gasteiger partial charge in [0.1, 0.15) is 0 Å². The van der Waals surface area contributed by atoms with E-state index in [1.807, 2.05) is 18.5 Å². The van der Waals surface area contributed by atoms with E-state index in [4.69, 9.17) is 0 Å². The molecule has 1 aliphatic rings. The first kappa shape index (κ1) is 17.7. The standard InChI is InChI=1S/C23H26N4/c1-18-7-2-3-11-22(18)20-9-4-8-19(15-20)16-26-21-10-5-14-27(17-21)23-24-12-6-13-25-23/h2-4,6-9,11-13,15,21,26H,5,10,14,16-17H2,1H3. The van der Waals surface area contributed by atoms with Crippen LogP contribution in [0.5, 0.6) is 0 Å². The average Bonchev–Trinajstić information content (AvgIpc) is 2.74. The highest BCUT2D eigenvalue weighted by Gasteiger charge is 2.21. The molecule has 2 aromatic carbocycles. The second-order valence-corrected chi connectivity index (χ2v) is 7.23. The van der Waals surface area contributed by atoms with Crippen LogP contribution in [0.1, 0.15) is 24.0 Å². The molecule has 0 radical (unpaired) electrons. The zero-order valence-corrected chi connectivity index (χ0v) is 15.8. The quantitative estimate of drug-likeness (QED) is 0.742. The Labute approximate surface area is 161 Å². The average molecular weight is 358 g/mol. The molecule has 4 heteroatoms. The summed E-state index contributed by atoms with van der Waals surface area (Å²) in [6.07, 6.45) is 5.99. The van der Waals surface area contributed by atoms with Crippen LogP contribution in [0.25, 0.3) is 11.1 Å². The van der Waals surface area contributed by atoms with Crippen molar-refractivity contribution in [2.24, 2.45) is 0 Å². The van der Waals surface area contributed by atoms with Gasteiger partial charge in [-0.25, -0.2) is 9.97 Å². The molecule has 0 spiro atoms. The van der Waals surface area contributed by atoms with Gasteiger partial charge in [0.25, 0.3) is 0 Å². The minimum atomic E-state index is 0.463. The van der Waals surface area contributed by atoms with Gasteiger partial charge in [-0.1, -0.05) is 42.5 Å². The Kier molecular flexibility index (Phi) is 5.45. The van der Waals surface area contributed by atoms with Crippen molar-refractivity contribution in [2.75, 3.05) is 18.0 Å². The monoisotopic (exact) mass is 358 g/mol. The van der Waals surface area contributed by atoms with Crippen LogP contribution in [0.15, 0.2) is 67.0 Å². The Hall–Kier alpha value is -2.72. The fraction of sp³-hybridized carbons (Fsp3) is 0.304. The molecule has 0 bridgehead atoms. The molecule has 1 unspecified atom stereocenters. The van der Waals surface area contributed by atoms with Crippen LogP contribution in [0.4, 0.5) is 5.95 Å². The number of nitrogens with zero attached hydrogens (tertiary/aromatic N) is 3. The van der Waals surface area contributed by atoms with Crippen molar-refractivity contribution in [2.45, 2.75) is 32.4 Å². The van der Waals surface area contributed by atoms with Gasteiger partial charge in [0.2, 0.25) is 5.95 Å². The molecule has 27 heavy (non-hydrogen) atoms. The van der Waals surface area contributed by atoms with E-state index in [-0.39, 0.29) is 0 Å². The van der Waals surface area contributed by atoms with E-state index in [0.717, 1.165) is 25.6 Å². The van der Waals surface area contributed by atoms with Gasteiger partial charge in [-0.2, -0.15) is 0 Å². The third-order valence-electron chi connectivity index (χ3n) is 5.23. The summed E-state index contributed by atoms with van der Waals surface area (Å²) >= 11 is 0. The highest BCUT2D eigenvalue weighted by Crippen LogP contribution is 2.24. The van der Waals surface area contributed by atoms with E-state index in [9.17, 15) is 0 Å².